The molecule has 0 amide bonds. The third-order valence-electron chi connectivity index (χ3n) is 4.32. The molecule has 1 aromatic rings. The van der Waals surface area contributed by atoms with E-state index in [4.69, 9.17) is 4.74 Å². The van der Waals surface area contributed by atoms with E-state index in [-0.39, 0.29) is 5.97 Å². The van der Waals surface area contributed by atoms with Crippen molar-refractivity contribution in [1.29, 1.82) is 0 Å². The van der Waals surface area contributed by atoms with Gasteiger partial charge in [-0.15, -0.1) is 16.8 Å². The molecule has 1 N–H and O–H groups in total. The Labute approximate surface area is 189 Å². The number of hydrogen-bond donors (Lipinski definition) is 1. The highest BCUT2D eigenvalue weighted by Crippen LogP contribution is 2.29. The van der Waals surface area contributed by atoms with Crippen LogP contribution in [0.2, 0.25) is 0 Å². The summed E-state index contributed by atoms with van der Waals surface area (Å²) in [5.41, 5.74) is 2.28. The summed E-state index contributed by atoms with van der Waals surface area (Å²) in [4.78, 5) is 11.7. The Morgan fingerprint density at radius 1 is 1.29 bits per heavy atom. The molecule has 0 saturated carbocycles. The number of nitrogens with zero attached hydrogens (tertiary/aromatic N) is 3. The van der Waals surface area contributed by atoms with E-state index in [2.05, 4.69) is 61.1 Å². The molecule has 2 rings (SSSR count). The van der Waals surface area contributed by atoms with Gasteiger partial charge in [0.1, 0.15) is 18.4 Å². The molecule has 0 saturated heterocycles. The number of aromatic nitrogens is 3. The van der Waals surface area contributed by atoms with Crippen LogP contribution in [0.1, 0.15) is 67.2 Å². The quantitative estimate of drug-likeness (QED) is 0.296. The molecule has 0 unspecified atom stereocenters. The number of rotatable bonds is 10. The van der Waals surface area contributed by atoms with Crippen molar-refractivity contribution in [2.75, 3.05) is 13.1 Å². The molecule has 0 fully saturated rings. The van der Waals surface area contributed by atoms with Crippen LogP contribution >= 0.6 is 0 Å². The minimum Gasteiger partial charge on any atom is -0.426 e. The smallest absolute Gasteiger partial charge is 0.311 e. The SMILES string of the molecule is C=CCNCCn1cnnc1.CC.CCCC(=O)OC1=C(CC)C=CCC=C1C(C)C. The van der Waals surface area contributed by atoms with Gasteiger partial charge in [-0.25, -0.2) is 0 Å². The third-order valence-corrected chi connectivity index (χ3v) is 4.32. The summed E-state index contributed by atoms with van der Waals surface area (Å²) >= 11 is 0. The van der Waals surface area contributed by atoms with Crippen LogP contribution in [0.4, 0.5) is 0 Å². The lowest BCUT2D eigenvalue weighted by Crippen LogP contribution is -2.19. The number of carbonyl (C=O) groups excluding carboxylic acids is 1. The van der Waals surface area contributed by atoms with Gasteiger partial charge in [-0.2, -0.15) is 0 Å². The van der Waals surface area contributed by atoms with Gasteiger partial charge in [-0.3, -0.25) is 4.79 Å². The van der Waals surface area contributed by atoms with E-state index in [0.717, 1.165) is 55.8 Å². The van der Waals surface area contributed by atoms with Gasteiger partial charge in [0, 0.05) is 26.1 Å². The maximum atomic E-state index is 11.7. The van der Waals surface area contributed by atoms with Crippen molar-refractivity contribution in [2.24, 2.45) is 5.92 Å². The summed E-state index contributed by atoms with van der Waals surface area (Å²) < 4.78 is 7.54. The van der Waals surface area contributed by atoms with Gasteiger partial charge in [0.15, 0.2) is 0 Å². The van der Waals surface area contributed by atoms with Gasteiger partial charge in [0.2, 0.25) is 0 Å². The van der Waals surface area contributed by atoms with E-state index in [9.17, 15) is 4.79 Å². The molecule has 0 radical (unpaired) electrons. The fraction of sp³-hybridized carbons (Fsp3) is 0.560. The van der Waals surface area contributed by atoms with E-state index in [1.165, 1.54) is 0 Å². The van der Waals surface area contributed by atoms with Crippen LogP contribution < -0.4 is 5.32 Å². The Balaban J connectivity index is 0.000000591. The van der Waals surface area contributed by atoms with Crippen molar-refractivity contribution in [3.05, 3.63) is 60.4 Å². The maximum Gasteiger partial charge on any atom is 0.311 e. The molecule has 1 aliphatic carbocycles. The maximum absolute atomic E-state index is 11.7. The first-order chi connectivity index (χ1) is 15.0. The average molecular weight is 431 g/mol. The fourth-order valence-electron chi connectivity index (χ4n) is 2.78. The predicted molar refractivity (Wildman–Crippen MR) is 129 cm³/mol. The first-order valence-electron chi connectivity index (χ1n) is 11.5. The molecule has 0 aliphatic heterocycles. The molecule has 174 valence electrons. The highest BCUT2D eigenvalue weighted by molar-refractivity contribution is 5.71. The molecule has 1 aromatic heterocycles. The third kappa shape index (κ3) is 12.1. The van der Waals surface area contributed by atoms with Crippen LogP contribution in [-0.4, -0.2) is 33.8 Å². The molecule has 0 spiro atoms. The summed E-state index contributed by atoms with van der Waals surface area (Å²) in [6.07, 6.45) is 14.7. The zero-order chi connectivity index (χ0) is 23.5. The first-order valence-corrected chi connectivity index (χ1v) is 11.5. The Bertz CT molecular complexity index is 701. The second-order valence-electron chi connectivity index (χ2n) is 7.08. The van der Waals surface area contributed by atoms with Gasteiger partial charge < -0.3 is 14.6 Å². The molecule has 1 aliphatic rings. The van der Waals surface area contributed by atoms with E-state index in [0.29, 0.717) is 12.3 Å². The summed E-state index contributed by atoms with van der Waals surface area (Å²) in [5, 5.41) is 10.6. The van der Waals surface area contributed by atoms with E-state index >= 15 is 0 Å². The monoisotopic (exact) mass is 430 g/mol. The lowest BCUT2D eigenvalue weighted by molar-refractivity contribution is -0.139. The van der Waals surface area contributed by atoms with Crippen LogP contribution in [0, 0.1) is 5.92 Å². The van der Waals surface area contributed by atoms with Gasteiger partial charge in [-0.1, -0.05) is 65.8 Å². The lowest BCUT2D eigenvalue weighted by atomic mass is 9.97. The number of ether oxygens (including phenoxy) is 1. The van der Waals surface area contributed by atoms with E-state index in [1.54, 1.807) is 12.7 Å². The molecule has 0 atom stereocenters. The van der Waals surface area contributed by atoms with Crippen molar-refractivity contribution in [2.45, 2.75) is 73.8 Å². The molecular weight excluding hydrogens is 388 g/mol. The molecular formula is C25H42N4O2. The second-order valence-corrected chi connectivity index (χ2v) is 7.08. The zero-order valence-corrected chi connectivity index (χ0v) is 20.4. The van der Waals surface area contributed by atoms with E-state index in [1.807, 2.05) is 31.4 Å². The van der Waals surface area contributed by atoms with Crippen LogP contribution in [0.3, 0.4) is 0 Å². The molecule has 0 bridgehead atoms. The van der Waals surface area contributed by atoms with Crippen LogP contribution in [0.25, 0.3) is 0 Å². The largest absolute Gasteiger partial charge is 0.426 e. The Morgan fingerprint density at radius 2 is 1.97 bits per heavy atom. The standard InChI is InChI=1S/C16H24O2.C7H12N4.C2H6/c1-5-9-15(17)18-16-13(6-2)10-7-8-11-14(16)12(3)4;1-2-3-8-4-5-11-6-9-10-7-11;1-2/h7,10-12H,5-6,8-9H2,1-4H3;2,6-8H,1,3-5H2;1-2H3. The van der Waals surface area contributed by atoms with Gasteiger partial charge in [-0.05, 0) is 36.3 Å². The summed E-state index contributed by atoms with van der Waals surface area (Å²) in [5.74, 6) is 1.04. The summed E-state index contributed by atoms with van der Waals surface area (Å²) in [7, 11) is 0. The number of nitrogens with one attached hydrogen (secondary N) is 1. The first kappa shape index (κ1) is 28.5. The van der Waals surface area contributed by atoms with Crippen molar-refractivity contribution in [1.82, 2.24) is 20.1 Å². The van der Waals surface area contributed by atoms with Crippen LogP contribution in [0.5, 0.6) is 0 Å². The highest BCUT2D eigenvalue weighted by Gasteiger charge is 2.18. The Morgan fingerprint density at radius 3 is 2.52 bits per heavy atom. The summed E-state index contributed by atoms with van der Waals surface area (Å²) in [6.45, 7) is 18.6. The fourth-order valence-corrected chi connectivity index (χ4v) is 2.78. The number of carbonyl (C=O) groups is 1. The Hall–Kier alpha value is -2.47. The lowest BCUT2D eigenvalue weighted by Gasteiger charge is -2.17. The van der Waals surface area contributed by atoms with Crippen molar-refractivity contribution in [3.63, 3.8) is 0 Å². The van der Waals surface area contributed by atoms with Gasteiger partial charge in [0.25, 0.3) is 0 Å². The molecule has 6 heteroatoms. The normalized spacial score (nSPS) is 12.8. The Kier molecular flexibility index (Phi) is 16.9. The van der Waals surface area contributed by atoms with Crippen LogP contribution in [-0.2, 0) is 16.1 Å². The predicted octanol–water partition coefficient (Wildman–Crippen LogP) is 5.62. The zero-order valence-electron chi connectivity index (χ0n) is 20.4. The second kappa shape index (κ2) is 18.3. The number of allylic oxidation sites excluding steroid dienone is 5. The average Bonchev–Trinajstić information content (AvgIpc) is 3.20. The van der Waals surface area contributed by atoms with Crippen molar-refractivity contribution < 1.29 is 9.53 Å². The highest BCUT2D eigenvalue weighted by atomic mass is 16.5. The van der Waals surface area contributed by atoms with Gasteiger partial charge in [0.05, 0.1) is 0 Å². The van der Waals surface area contributed by atoms with Gasteiger partial charge >= 0.3 is 5.97 Å². The molecule has 0 aromatic carbocycles. The minimum atomic E-state index is -0.125. The molecule has 31 heavy (non-hydrogen) atoms. The van der Waals surface area contributed by atoms with Crippen LogP contribution in [0.15, 0.2) is 60.4 Å². The van der Waals surface area contributed by atoms with Crippen molar-refractivity contribution in [3.8, 4) is 0 Å². The molecule has 1 heterocycles. The summed E-state index contributed by atoms with van der Waals surface area (Å²) in [6, 6.07) is 0. The van der Waals surface area contributed by atoms with Crippen molar-refractivity contribution >= 4 is 5.97 Å². The number of esters is 1. The minimum absolute atomic E-state index is 0.125. The van der Waals surface area contributed by atoms with E-state index < -0.39 is 0 Å². The number of hydrogen-bond acceptors (Lipinski definition) is 5. The molecule has 6 nitrogen and oxygen atoms in total. The topological polar surface area (TPSA) is 69.0 Å².